The molecular formula is C17H21N3O3S. The Labute approximate surface area is 145 Å². The Bertz CT molecular complexity index is 739. The predicted octanol–water partition coefficient (Wildman–Crippen LogP) is 3.33. The van der Waals surface area contributed by atoms with Crippen molar-refractivity contribution in [2.75, 3.05) is 18.5 Å². The van der Waals surface area contributed by atoms with Crippen molar-refractivity contribution in [3.63, 3.8) is 0 Å². The minimum absolute atomic E-state index is 0.0157. The highest BCUT2D eigenvalue weighted by Gasteiger charge is 2.22. The number of aryl methyl sites for hydroxylation is 2. The maximum atomic E-state index is 12.1. The molecule has 0 aliphatic carbocycles. The summed E-state index contributed by atoms with van der Waals surface area (Å²) in [5.41, 5.74) is 3.21. The fraction of sp³-hybridized carbons (Fsp3) is 0.471. The van der Waals surface area contributed by atoms with Crippen LogP contribution in [-0.4, -0.2) is 29.3 Å². The van der Waals surface area contributed by atoms with Gasteiger partial charge in [-0.25, -0.2) is 0 Å². The SMILES string of the molecule is Cc1ccc(C)c(OCC(=O)Nc2nnc(C3CCCO3)s2)c1C. The molecule has 1 unspecified atom stereocenters. The van der Waals surface area contributed by atoms with Crippen LogP contribution in [0.15, 0.2) is 12.1 Å². The lowest BCUT2D eigenvalue weighted by Crippen LogP contribution is -2.20. The molecule has 0 saturated carbocycles. The maximum absolute atomic E-state index is 12.1. The van der Waals surface area contributed by atoms with Crippen LogP contribution in [0.2, 0.25) is 0 Å². The molecule has 1 N–H and O–H groups in total. The fourth-order valence-electron chi connectivity index (χ4n) is 2.63. The topological polar surface area (TPSA) is 73.3 Å². The summed E-state index contributed by atoms with van der Waals surface area (Å²) in [5.74, 6) is 0.521. The third-order valence-electron chi connectivity index (χ3n) is 4.11. The highest BCUT2D eigenvalue weighted by atomic mass is 32.1. The zero-order valence-corrected chi connectivity index (χ0v) is 14.9. The number of ether oxygens (including phenoxy) is 2. The monoisotopic (exact) mass is 347 g/mol. The van der Waals surface area contributed by atoms with Crippen molar-refractivity contribution in [1.29, 1.82) is 0 Å². The van der Waals surface area contributed by atoms with Gasteiger partial charge in [0.2, 0.25) is 5.13 Å². The van der Waals surface area contributed by atoms with Crippen LogP contribution < -0.4 is 10.1 Å². The van der Waals surface area contributed by atoms with E-state index in [2.05, 4.69) is 15.5 Å². The number of nitrogens with one attached hydrogen (secondary N) is 1. The lowest BCUT2D eigenvalue weighted by atomic mass is 10.1. The fourth-order valence-corrected chi connectivity index (χ4v) is 3.47. The second-order valence-electron chi connectivity index (χ2n) is 5.94. The average Bonchev–Trinajstić information content (AvgIpc) is 3.22. The molecule has 1 saturated heterocycles. The largest absolute Gasteiger partial charge is 0.483 e. The van der Waals surface area contributed by atoms with Crippen molar-refractivity contribution in [3.8, 4) is 5.75 Å². The van der Waals surface area contributed by atoms with Gasteiger partial charge in [-0.1, -0.05) is 23.5 Å². The van der Waals surface area contributed by atoms with Crippen LogP contribution in [0.5, 0.6) is 5.75 Å². The molecule has 1 aromatic carbocycles. The number of hydrogen-bond donors (Lipinski definition) is 1. The van der Waals surface area contributed by atoms with Gasteiger partial charge < -0.3 is 9.47 Å². The van der Waals surface area contributed by atoms with Crippen LogP contribution in [-0.2, 0) is 9.53 Å². The van der Waals surface area contributed by atoms with Crippen molar-refractivity contribution in [2.45, 2.75) is 39.7 Å². The smallest absolute Gasteiger partial charge is 0.264 e. The third kappa shape index (κ3) is 3.73. The number of anilines is 1. The number of carbonyl (C=O) groups excluding carboxylic acids is 1. The van der Waals surface area contributed by atoms with E-state index in [-0.39, 0.29) is 18.6 Å². The number of rotatable bonds is 5. The van der Waals surface area contributed by atoms with E-state index < -0.39 is 0 Å². The summed E-state index contributed by atoms with van der Waals surface area (Å²) in [6, 6.07) is 4.04. The molecule has 0 spiro atoms. The second-order valence-corrected chi connectivity index (χ2v) is 6.95. The summed E-state index contributed by atoms with van der Waals surface area (Å²) in [6.07, 6.45) is 2.01. The number of aromatic nitrogens is 2. The van der Waals surface area contributed by atoms with E-state index in [9.17, 15) is 4.79 Å². The minimum atomic E-state index is -0.245. The molecule has 0 bridgehead atoms. The zero-order valence-electron chi connectivity index (χ0n) is 14.1. The highest BCUT2D eigenvalue weighted by Crippen LogP contribution is 2.32. The summed E-state index contributed by atoms with van der Waals surface area (Å²) in [4.78, 5) is 12.1. The van der Waals surface area contributed by atoms with E-state index in [0.29, 0.717) is 5.13 Å². The Hall–Kier alpha value is -1.99. The first-order valence-corrected chi connectivity index (χ1v) is 8.80. The molecule has 0 radical (unpaired) electrons. The Morgan fingerprint density at radius 1 is 1.33 bits per heavy atom. The maximum Gasteiger partial charge on any atom is 0.264 e. The highest BCUT2D eigenvalue weighted by molar-refractivity contribution is 7.15. The van der Waals surface area contributed by atoms with Crippen LogP contribution >= 0.6 is 11.3 Å². The molecule has 2 heterocycles. The average molecular weight is 347 g/mol. The molecule has 1 aliphatic heterocycles. The van der Waals surface area contributed by atoms with Crippen molar-refractivity contribution < 1.29 is 14.3 Å². The van der Waals surface area contributed by atoms with E-state index in [1.54, 1.807) is 0 Å². The Kier molecular flexibility index (Phi) is 5.11. The summed E-state index contributed by atoms with van der Waals surface area (Å²) >= 11 is 1.35. The van der Waals surface area contributed by atoms with E-state index >= 15 is 0 Å². The first-order chi connectivity index (χ1) is 11.5. The standard InChI is InChI=1S/C17H21N3O3S/c1-10-6-7-11(2)15(12(10)3)23-9-14(21)18-17-20-19-16(24-17)13-5-4-8-22-13/h6-7,13H,4-5,8-9H2,1-3H3,(H,18,20,21). The molecule has 1 aromatic heterocycles. The quantitative estimate of drug-likeness (QED) is 0.898. The van der Waals surface area contributed by atoms with Gasteiger partial charge in [-0.3, -0.25) is 10.1 Å². The van der Waals surface area contributed by atoms with Gasteiger partial charge in [-0.15, -0.1) is 10.2 Å². The van der Waals surface area contributed by atoms with Crippen LogP contribution in [0.1, 0.15) is 40.6 Å². The van der Waals surface area contributed by atoms with E-state index in [1.807, 2.05) is 32.9 Å². The molecule has 1 fully saturated rings. The molecule has 24 heavy (non-hydrogen) atoms. The van der Waals surface area contributed by atoms with E-state index in [0.717, 1.165) is 46.9 Å². The molecular weight excluding hydrogens is 326 g/mol. The van der Waals surface area contributed by atoms with Crippen LogP contribution in [0.3, 0.4) is 0 Å². The number of carbonyl (C=O) groups is 1. The van der Waals surface area contributed by atoms with Crippen molar-refractivity contribution in [3.05, 3.63) is 33.8 Å². The number of amides is 1. The molecule has 7 heteroatoms. The summed E-state index contributed by atoms with van der Waals surface area (Å²) in [7, 11) is 0. The van der Waals surface area contributed by atoms with Gasteiger partial charge in [0.1, 0.15) is 16.9 Å². The molecule has 3 rings (SSSR count). The van der Waals surface area contributed by atoms with Crippen LogP contribution in [0.25, 0.3) is 0 Å². The molecule has 1 amide bonds. The van der Waals surface area contributed by atoms with Gasteiger partial charge in [-0.05, 0) is 50.3 Å². The van der Waals surface area contributed by atoms with E-state index in [4.69, 9.17) is 9.47 Å². The Morgan fingerprint density at radius 2 is 2.12 bits per heavy atom. The van der Waals surface area contributed by atoms with Gasteiger partial charge >= 0.3 is 0 Å². The number of hydrogen-bond acceptors (Lipinski definition) is 6. The minimum Gasteiger partial charge on any atom is -0.483 e. The molecule has 1 aliphatic rings. The Morgan fingerprint density at radius 3 is 2.88 bits per heavy atom. The predicted molar refractivity (Wildman–Crippen MR) is 92.6 cm³/mol. The van der Waals surface area contributed by atoms with Crippen molar-refractivity contribution >= 4 is 22.4 Å². The number of benzene rings is 1. The van der Waals surface area contributed by atoms with Gasteiger partial charge in [-0.2, -0.15) is 0 Å². The van der Waals surface area contributed by atoms with Crippen molar-refractivity contribution in [2.24, 2.45) is 0 Å². The summed E-state index contributed by atoms with van der Waals surface area (Å²) in [6.45, 7) is 6.69. The lowest BCUT2D eigenvalue weighted by Gasteiger charge is -2.13. The number of nitrogens with zero attached hydrogens (tertiary/aromatic N) is 2. The Balaban J connectivity index is 1.57. The first-order valence-electron chi connectivity index (χ1n) is 7.99. The second kappa shape index (κ2) is 7.27. The summed E-state index contributed by atoms with van der Waals surface area (Å²) in [5, 5.41) is 12.1. The van der Waals surface area contributed by atoms with E-state index in [1.165, 1.54) is 11.3 Å². The van der Waals surface area contributed by atoms with Gasteiger partial charge in [0.05, 0.1) is 0 Å². The molecule has 6 nitrogen and oxygen atoms in total. The van der Waals surface area contributed by atoms with Crippen molar-refractivity contribution in [1.82, 2.24) is 10.2 Å². The van der Waals surface area contributed by atoms with Gasteiger partial charge in [0.15, 0.2) is 6.61 Å². The van der Waals surface area contributed by atoms with Gasteiger partial charge in [0, 0.05) is 6.61 Å². The first kappa shape index (κ1) is 16.9. The van der Waals surface area contributed by atoms with Gasteiger partial charge in [0.25, 0.3) is 5.91 Å². The normalized spacial score (nSPS) is 17.0. The molecule has 2 aromatic rings. The lowest BCUT2D eigenvalue weighted by molar-refractivity contribution is -0.118. The molecule has 1 atom stereocenters. The zero-order chi connectivity index (χ0) is 17.1. The third-order valence-corrected chi connectivity index (χ3v) is 5.04. The van der Waals surface area contributed by atoms with Crippen LogP contribution in [0, 0.1) is 20.8 Å². The molecule has 128 valence electrons. The van der Waals surface area contributed by atoms with Crippen LogP contribution in [0.4, 0.5) is 5.13 Å². The summed E-state index contributed by atoms with van der Waals surface area (Å²) < 4.78 is 11.3.